The Morgan fingerprint density at radius 2 is 2.00 bits per heavy atom. The zero-order valence-corrected chi connectivity index (χ0v) is 14.6. The minimum atomic E-state index is -0.0839. The van der Waals surface area contributed by atoms with Gasteiger partial charge >= 0.3 is 0 Å². The van der Waals surface area contributed by atoms with Gasteiger partial charge in [-0.3, -0.25) is 9.78 Å². The molecule has 2 heterocycles. The van der Waals surface area contributed by atoms with E-state index in [2.05, 4.69) is 28.3 Å². The molecule has 0 atom stereocenters. The summed E-state index contributed by atoms with van der Waals surface area (Å²) in [6, 6.07) is 5.98. The summed E-state index contributed by atoms with van der Waals surface area (Å²) in [5, 5.41) is 3.91. The standard InChI is InChI=1S/C19H22N4O/c1-5-23-11-20-9-15(23)10-21-19(24)17-8-14(4)22-18-13(3)6-12(2)7-16(17)18/h6-9,11H,5,10H2,1-4H3,(H,21,24). The molecule has 0 aliphatic rings. The summed E-state index contributed by atoms with van der Waals surface area (Å²) >= 11 is 0. The fourth-order valence-electron chi connectivity index (χ4n) is 3.04. The highest BCUT2D eigenvalue weighted by Gasteiger charge is 2.14. The summed E-state index contributed by atoms with van der Waals surface area (Å²) < 4.78 is 2.02. The highest BCUT2D eigenvalue weighted by Crippen LogP contribution is 2.23. The molecule has 1 amide bonds. The Bertz CT molecular complexity index is 911. The highest BCUT2D eigenvalue weighted by molar-refractivity contribution is 6.07. The van der Waals surface area contributed by atoms with Crippen molar-refractivity contribution >= 4 is 16.8 Å². The monoisotopic (exact) mass is 322 g/mol. The molecule has 0 spiro atoms. The van der Waals surface area contributed by atoms with Gasteiger partial charge in [0.15, 0.2) is 0 Å². The van der Waals surface area contributed by atoms with E-state index in [1.165, 1.54) is 0 Å². The van der Waals surface area contributed by atoms with Crippen LogP contribution in [0.1, 0.15) is 39.8 Å². The van der Waals surface area contributed by atoms with E-state index in [4.69, 9.17) is 0 Å². The second kappa shape index (κ2) is 6.43. The Balaban J connectivity index is 1.95. The Labute approximate surface area is 141 Å². The summed E-state index contributed by atoms with van der Waals surface area (Å²) in [5.41, 5.74) is 5.62. The molecular weight excluding hydrogens is 300 g/mol. The number of nitrogens with one attached hydrogen (secondary N) is 1. The van der Waals surface area contributed by atoms with E-state index in [1.807, 2.05) is 37.5 Å². The molecule has 1 N–H and O–H groups in total. The number of aromatic nitrogens is 3. The number of fused-ring (bicyclic) bond motifs is 1. The highest BCUT2D eigenvalue weighted by atomic mass is 16.1. The molecule has 0 aliphatic heterocycles. The molecule has 0 aliphatic carbocycles. The summed E-state index contributed by atoms with van der Waals surface area (Å²) in [5.74, 6) is -0.0839. The first-order valence-electron chi connectivity index (χ1n) is 8.15. The van der Waals surface area contributed by atoms with Gasteiger partial charge in [0, 0.05) is 23.8 Å². The normalized spacial score (nSPS) is 11.0. The van der Waals surface area contributed by atoms with Crippen LogP contribution in [0.3, 0.4) is 0 Å². The molecule has 0 radical (unpaired) electrons. The van der Waals surface area contributed by atoms with Crippen LogP contribution in [0.25, 0.3) is 10.9 Å². The molecule has 0 bridgehead atoms. The Hall–Kier alpha value is -2.69. The number of rotatable bonds is 4. The van der Waals surface area contributed by atoms with Crippen LogP contribution in [0.2, 0.25) is 0 Å². The number of hydrogen-bond donors (Lipinski definition) is 1. The van der Waals surface area contributed by atoms with Crippen LogP contribution >= 0.6 is 0 Å². The van der Waals surface area contributed by atoms with Crippen molar-refractivity contribution in [2.75, 3.05) is 0 Å². The molecule has 0 fully saturated rings. The number of imidazole rings is 1. The number of hydrogen-bond acceptors (Lipinski definition) is 3. The summed E-state index contributed by atoms with van der Waals surface area (Å²) in [6.45, 7) is 9.33. The van der Waals surface area contributed by atoms with Gasteiger partial charge in [-0.2, -0.15) is 0 Å². The molecule has 0 saturated carbocycles. The van der Waals surface area contributed by atoms with Crippen molar-refractivity contribution in [3.05, 3.63) is 58.8 Å². The zero-order chi connectivity index (χ0) is 17.3. The molecule has 3 rings (SSSR count). The number of pyridine rings is 1. The van der Waals surface area contributed by atoms with Gasteiger partial charge in [-0.15, -0.1) is 0 Å². The number of benzene rings is 1. The average molecular weight is 322 g/mol. The van der Waals surface area contributed by atoms with Crippen LogP contribution in [-0.2, 0) is 13.1 Å². The largest absolute Gasteiger partial charge is 0.346 e. The Morgan fingerprint density at radius 1 is 1.21 bits per heavy atom. The van der Waals surface area contributed by atoms with Gasteiger partial charge in [0.05, 0.1) is 29.6 Å². The van der Waals surface area contributed by atoms with E-state index in [9.17, 15) is 4.79 Å². The third kappa shape index (κ3) is 3.02. The van der Waals surface area contributed by atoms with E-state index in [0.29, 0.717) is 12.1 Å². The van der Waals surface area contributed by atoms with Gasteiger partial charge in [0.25, 0.3) is 5.91 Å². The van der Waals surface area contributed by atoms with Gasteiger partial charge in [0.1, 0.15) is 0 Å². The average Bonchev–Trinajstić information content (AvgIpc) is 3.00. The van der Waals surface area contributed by atoms with Crippen molar-refractivity contribution in [3.8, 4) is 0 Å². The van der Waals surface area contributed by atoms with Gasteiger partial charge in [-0.05, 0) is 45.4 Å². The smallest absolute Gasteiger partial charge is 0.252 e. The van der Waals surface area contributed by atoms with Crippen LogP contribution in [0.4, 0.5) is 0 Å². The number of aryl methyl sites for hydroxylation is 4. The van der Waals surface area contributed by atoms with Gasteiger partial charge in [0.2, 0.25) is 0 Å². The van der Waals surface area contributed by atoms with E-state index in [1.54, 1.807) is 12.5 Å². The van der Waals surface area contributed by atoms with E-state index in [0.717, 1.165) is 40.0 Å². The predicted molar refractivity (Wildman–Crippen MR) is 95.0 cm³/mol. The number of carbonyl (C=O) groups is 1. The first-order chi connectivity index (χ1) is 11.5. The van der Waals surface area contributed by atoms with Crippen LogP contribution in [0.5, 0.6) is 0 Å². The van der Waals surface area contributed by atoms with E-state index in [-0.39, 0.29) is 5.91 Å². The van der Waals surface area contributed by atoms with Crippen molar-refractivity contribution < 1.29 is 4.79 Å². The molecule has 2 aromatic heterocycles. The fraction of sp³-hybridized carbons (Fsp3) is 0.316. The van der Waals surface area contributed by atoms with Gasteiger partial charge < -0.3 is 9.88 Å². The van der Waals surface area contributed by atoms with E-state index < -0.39 is 0 Å². The van der Waals surface area contributed by atoms with Crippen LogP contribution < -0.4 is 5.32 Å². The third-order valence-corrected chi connectivity index (χ3v) is 4.19. The van der Waals surface area contributed by atoms with Crippen LogP contribution in [0, 0.1) is 20.8 Å². The minimum Gasteiger partial charge on any atom is -0.346 e. The lowest BCUT2D eigenvalue weighted by molar-refractivity contribution is 0.0951. The summed E-state index contributed by atoms with van der Waals surface area (Å²) in [6.07, 6.45) is 3.56. The maximum absolute atomic E-state index is 12.8. The SMILES string of the molecule is CCn1cncc1CNC(=O)c1cc(C)nc2c(C)cc(C)cc12. The second-order valence-corrected chi connectivity index (χ2v) is 6.14. The molecule has 24 heavy (non-hydrogen) atoms. The molecule has 0 unspecified atom stereocenters. The third-order valence-electron chi connectivity index (χ3n) is 4.19. The van der Waals surface area contributed by atoms with Crippen molar-refractivity contribution in [1.82, 2.24) is 19.9 Å². The minimum absolute atomic E-state index is 0.0839. The molecular formula is C19H22N4O. The summed E-state index contributed by atoms with van der Waals surface area (Å²) in [7, 11) is 0. The maximum Gasteiger partial charge on any atom is 0.252 e. The van der Waals surface area contributed by atoms with Crippen LogP contribution in [-0.4, -0.2) is 20.4 Å². The number of amides is 1. The molecule has 5 nitrogen and oxygen atoms in total. The Kier molecular flexibility index (Phi) is 4.34. The lowest BCUT2D eigenvalue weighted by atomic mass is 10.0. The molecule has 124 valence electrons. The topological polar surface area (TPSA) is 59.8 Å². The van der Waals surface area contributed by atoms with Gasteiger partial charge in [-0.25, -0.2) is 4.98 Å². The first-order valence-corrected chi connectivity index (χ1v) is 8.15. The second-order valence-electron chi connectivity index (χ2n) is 6.14. The first kappa shape index (κ1) is 16.2. The van der Waals surface area contributed by atoms with Gasteiger partial charge in [-0.1, -0.05) is 11.6 Å². The molecule has 0 saturated heterocycles. The number of nitrogens with zero attached hydrogens (tertiary/aromatic N) is 3. The zero-order valence-electron chi connectivity index (χ0n) is 14.6. The summed E-state index contributed by atoms with van der Waals surface area (Å²) in [4.78, 5) is 21.5. The molecule has 1 aromatic carbocycles. The van der Waals surface area contributed by atoms with Crippen LogP contribution in [0.15, 0.2) is 30.7 Å². The van der Waals surface area contributed by atoms with Crippen molar-refractivity contribution in [1.29, 1.82) is 0 Å². The molecule has 5 heteroatoms. The maximum atomic E-state index is 12.8. The molecule has 3 aromatic rings. The van der Waals surface area contributed by atoms with Crippen molar-refractivity contribution in [2.24, 2.45) is 0 Å². The lowest BCUT2D eigenvalue weighted by Gasteiger charge is -2.12. The van der Waals surface area contributed by atoms with E-state index >= 15 is 0 Å². The van der Waals surface area contributed by atoms with Crippen molar-refractivity contribution in [3.63, 3.8) is 0 Å². The predicted octanol–water partition coefficient (Wildman–Crippen LogP) is 3.31. The number of carbonyl (C=O) groups excluding carboxylic acids is 1. The fourth-order valence-corrected chi connectivity index (χ4v) is 3.04. The van der Waals surface area contributed by atoms with Crippen molar-refractivity contribution in [2.45, 2.75) is 40.8 Å². The lowest BCUT2D eigenvalue weighted by Crippen LogP contribution is -2.24. The Morgan fingerprint density at radius 3 is 2.75 bits per heavy atom. The quantitative estimate of drug-likeness (QED) is 0.801.